The summed E-state index contributed by atoms with van der Waals surface area (Å²) in [5, 5.41) is 18.5. The van der Waals surface area contributed by atoms with Crippen LogP contribution in [0.15, 0.2) is 46.5 Å². The number of nitrogens with zero attached hydrogens (tertiary/aromatic N) is 5. The molecule has 1 amide bonds. The lowest BCUT2D eigenvalue weighted by atomic mass is 10.2. The molecule has 0 atom stereocenters. The summed E-state index contributed by atoms with van der Waals surface area (Å²) in [4.78, 5) is 20.1. The van der Waals surface area contributed by atoms with Gasteiger partial charge in [-0.25, -0.2) is 14.6 Å². The Hall–Kier alpha value is -3.51. The third-order valence-electron chi connectivity index (χ3n) is 3.37. The largest absolute Gasteiger partial charge is 0.454 e. The number of rotatable bonds is 4. The standard InChI is InChI=1S/C16H10N6O2S/c17-6-14-18-9-22(21-14)7-15(23)20-16-19-11(8-25-16)13-5-10-3-1-2-4-12(10)24-13/h1-5,8-9H,7H2,(H,19,20,23). The quantitative estimate of drug-likeness (QED) is 0.606. The highest BCUT2D eigenvalue weighted by molar-refractivity contribution is 7.14. The zero-order valence-corrected chi connectivity index (χ0v) is 13.5. The summed E-state index contributed by atoms with van der Waals surface area (Å²) in [5.74, 6) is 0.363. The van der Waals surface area contributed by atoms with Gasteiger partial charge in [0.2, 0.25) is 5.91 Å². The van der Waals surface area contributed by atoms with Gasteiger partial charge in [0.05, 0.1) is 0 Å². The minimum Gasteiger partial charge on any atom is -0.454 e. The van der Waals surface area contributed by atoms with E-state index in [0.29, 0.717) is 16.6 Å². The zero-order valence-electron chi connectivity index (χ0n) is 12.7. The first-order valence-corrected chi connectivity index (χ1v) is 8.13. The first-order chi connectivity index (χ1) is 12.2. The first-order valence-electron chi connectivity index (χ1n) is 7.25. The van der Waals surface area contributed by atoms with E-state index in [4.69, 9.17) is 9.68 Å². The molecule has 9 heteroatoms. The molecule has 4 rings (SSSR count). The van der Waals surface area contributed by atoms with Gasteiger partial charge in [0.15, 0.2) is 10.9 Å². The molecule has 1 N–H and O–H groups in total. The fourth-order valence-corrected chi connectivity index (χ4v) is 3.00. The molecule has 0 bridgehead atoms. The van der Waals surface area contributed by atoms with E-state index in [1.54, 1.807) is 0 Å². The van der Waals surface area contributed by atoms with E-state index in [1.165, 1.54) is 22.3 Å². The van der Waals surface area contributed by atoms with Gasteiger partial charge in [0, 0.05) is 10.8 Å². The van der Waals surface area contributed by atoms with Crippen LogP contribution in [0.4, 0.5) is 5.13 Å². The van der Waals surface area contributed by atoms with Gasteiger partial charge in [-0.1, -0.05) is 18.2 Å². The van der Waals surface area contributed by atoms with Gasteiger partial charge in [-0.15, -0.1) is 16.4 Å². The topological polar surface area (TPSA) is 110 Å². The number of benzene rings is 1. The number of nitrogens with one attached hydrogen (secondary N) is 1. The Kier molecular flexibility index (Phi) is 3.72. The van der Waals surface area contributed by atoms with E-state index in [2.05, 4.69) is 20.4 Å². The van der Waals surface area contributed by atoms with Crippen molar-refractivity contribution in [2.24, 2.45) is 0 Å². The fourth-order valence-electron chi connectivity index (χ4n) is 2.28. The van der Waals surface area contributed by atoms with Gasteiger partial charge in [-0.05, 0) is 12.1 Å². The Labute approximate surface area is 145 Å². The van der Waals surface area contributed by atoms with Crippen LogP contribution in [0.3, 0.4) is 0 Å². The van der Waals surface area contributed by atoms with E-state index in [9.17, 15) is 4.79 Å². The number of carbonyl (C=O) groups is 1. The molecule has 0 aliphatic rings. The fraction of sp³-hybridized carbons (Fsp3) is 0.0625. The van der Waals surface area contributed by atoms with Gasteiger partial charge in [-0.3, -0.25) is 4.79 Å². The molecule has 8 nitrogen and oxygen atoms in total. The molecule has 25 heavy (non-hydrogen) atoms. The highest BCUT2D eigenvalue weighted by Crippen LogP contribution is 2.30. The van der Waals surface area contributed by atoms with Crippen molar-refractivity contribution in [3.63, 3.8) is 0 Å². The number of hydrogen-bond acceptors (Lipinski definition) is 7. The molecule has 4 aromatic rings. The van der Waals surface area contributed by atoms with Crippen LogP contribution in [0, 0.1) is 11.3 Å². The Bertz CT molecular complexity index is 1070. The van der Waals surface area contributed by atoms with Crippen LogP contribution in [0.2, 0.25) is 0 Å². The number of anilines is 1. The normalized spacial score (nSPS) is 10.7. The van der Waals surface area contributed by atoms with E-state index >= 15 is 0 Å². The predicted molar refractivity (Wildman–Crippen MR) is 90.7 cm³/mol. The molecule has 1 aromatic carbocycles. The molecular weight excluding hydrogens is 340 g/mol. The smallest absolute Gasteiger partial charge is 0.252 e. The van der Waals surface area contributed by atoms with Gasteiger partial charge < -0.3 is 9.73 Å². The van der Waals surface area contributed by atoms with Crippen molar-refractivity contribution in [1.29, 1.82) is 5.26 Å². The summed E-state index contributed by atoms with van der Waals surface area (Å²) in [6, 6.07) is 11.4. The highest BCUT2D eigenvalue weighted by atomic mass is 32.1. The SMILES string of the molecule is N#Cc1ncn(CC(=O)Nc2nc(-c3cc4ccccc4o3)cs2)n1. The van der Waals surface area contributed by atoms with Gasteiger partial charge in [0.25, 0.3) is 5.82 Å². The van der Waals surface area contributed by atoms with Gasteiger partial charge in [-0.2, -0.15) is 5.26 Å². The maximum Gasteiger partial charge on any atom is 0.252 e. The average Bonchev–Trinajstić information content (AvgIpc) is 3.33. The van der Waals surface area contributed by atoms with Crippen molar-refractivity contribution in [2.75, 3.05) is 5.32 Å². The van der Waals surface area contributed by atoms with Gasteiger partial charge >= 0.3 is 0 Å². The second kappa shape index (κ2) is 6.18. The van der Waals surface area contributed by atoms with Crippen LogP contribution in [0.5, 0.6) is 0 Å². The third-order valence-corrected chi connectivity index (χ3v) is 4.13. The van der Waals surface area contributed by atoms with Crippen LogP contribution in [0.25, 0.3) is 22.4 Å². The highest BCUT2D eigenvalue weighted by Gasteiger charge is 2.12. The summed E-state index contributed by atoms with van der Waals surface area (Å²) >= 11 is 1.30. The molecule has 3 heterocycles. The molecule has 0 spiro atoms. The summed E-state index contributed by atoms with van der Waals surface area (Å²) in [7, 11) is 0. The lowest BCUT2D eigenvalue weighted by Gasteiger charge is -2.00. The Balaban J connectivity index is 1.47. The predicted octanol–water partition coefficient (Wildman–Crippen LogP) is 2.66. The number of thiazole rings is 1. The number of amides is 1. The molecule has 0 fully saturated rings. The summed E-state index contributed by atoms with van der Waals surface area (Å²) in [6.45, 7) is -0.0474. The van der Waals surface area contributed by atoms with E-state index < -0.39 is 0 Å². The van der Waals surface area contributed by atoms with Crippen LogP contribution >= 0.6 is 11.3 Å². The molecule has 3 aromatic heterocycles. The van der Waals surface area contributed by atoms with Crippen molar-refractivity contribution < 1.29 is 9.21 Å². The number of furan rings is 1. The lowest BCUT2D eigenvalue weighted by molar-refractivity contribution is -0.116. The average molecular weight is 350 g/mol. The van der Waals surface area contributed by atoms with Crippen molar-refractivity contribution in [3.8, 4) is 17.5 Å². The van der Waals surface area contributed by atoms with Crippen molar-refractivity contribution >= 4 is 33.3 Å². The third kappa shape index (κ3) is 3.11. The molecule has 0 aliphatic heterocycles. The summed E-state index contributed by atoms with van der Waals surface area (Å²) in [5.41, 5.74) is 1.44. The number of hydrogen-bond donors (Lipinski definition) is 1. The molecule has 122 valence electrons. The zero-order chi connectivity index (χ0) is 17.2. The molecule has 0 saturated heterocycles. The van der Waals surface area contributed by atoms with Crippen LogP contribution < -0.4 is 5.32 Å². The lowest BCUT2D eigenvalue weighted by Crippen LogP contribution is -2.19. The van der Waals surface area contributed by atoms with Crippen molar-refractivity contribution in [1.82, 2.24) is 19.7 Å². The Morgan fingerprint density at radius 1 is 1.40 bits per heavy atom. The number of aromatic nitrogens is 4. The van der Waals surface area contributed by atoms with Gasteiger partial charge in [0.1, 0.15) is 30.2 Å². The van der Waals surface area contributed by atoms with E-state index in [0.717, 1.165) is 11.0 Å². The number of fused-ring (bicyclic) bond motifs is 1. The monoisotopic (exact) mass is 350 g/mol. The molecule has 0 saturated carbocycles. The molecule has 0 aliphatic carbocycles. The molecule has 0 unspecified atom stereocenters. The van der Waals surface area contributed by atoms with Crippen LogP contribution in [-0.4, -0.2) is 25.7 Å². The van der Waals surface area contributed by atoms with Crippen LogP contribution in [-0.2, 0) is 11.3 Å². The number of para-hydroxylation sites is 1. The summed E-state index contributed by atoms with van der Waals surface area (Å²) < 4.78 is 7.05. The molecule has 0 radical (unpaired) electrons. The van der Waals surface area contributed by atoms with E-state index in [1.807, 2.05) is 41.8 Å². The van der Waals surface area contributed by atoms with E-state index in [-0.39, 0.29) is 18.3 Å². The number of nitriles is 1. The number of carbonyl (C=O) groups excluding carboxylic acids is 1. The Morgan fingerprint density at radius 3 is 3.08 bits per heavy atom. The minimum atomic E-state index is -0.306. The second-order valence-electron chi connectivity index (χ2n) is 5.11. The molecular formula is C16H10N6O2S. The summed E-state index contributed by atoms with van der Waals surface area (Å²) in [6.07, 6.45) is 1.33. The minimum absolute atomic E-state index is 0.0224. The van der Waals surface area contributed by atoms with Crippen molar-refractivity contribution in [3.05, 3.63) is 47.9 Å². The first kappa shape index (κ1) is 15.0. The maximum atomic E-state index is 12.0. The maximum absolute atomic E-state index is 12.0. The second-order valence-corrected chi connectivity index (χ2v) is 5.97. The van der Waals surface area contributed by atoms with Crippen LogP contribution in [0.1, 0.15) is 5.82 Å². The Morgan fingerprint density at radius 2 is 2.28 bits per heavy atom. The van der Waals surface area contributed by atoms with Crippen molar-refractivity contribution in [2.45, 2.75) is 6.54 Å².